The maximum Gasteiger partial charge on any atom is 0.0924 e. The Hall–Kier alpha value is -1.07. The van der Waals surface area contributed by atoms with Crippen LogP contribution in [0.5, 0.6) is 0 Å². The van der Waals surface area contributed by atoms with Gasteiger partial charge in [-0.25, -0.2) is 0 Å². The molecule has 66 valence electrons. The van der Waals surface area contributed by atoms with Gasteiger partial charge in [0.25, 0.3) is 0 Å². The molecular formula is C11H10BrN. The van der Waals surface area contributed by atoms with E-state index in [-0.39, 0.29) is 0 Å². The number of aryl methyl sites for hydroxylation is 1. The van der Waals surface area contributed by atoms with Crippen LogP contribution in [0.25, 0.3) is 4.48 Å². The lowest BCUT2D eigenvalue weighted by molar-refractivity contribution is 1.14. The molecular weight excluding hydrogens is 226 g/mol. The molecule has 0 spiro atoms. The fraction of sp³-hybridized carbons (Fsp3) is 0.182. The Kier molecular flexibility index (Phi) is 3.72. The van der Waals surface area contributed by atoms with E-state index in [0.29, 0.717) is 0 Å². The van der Waals surface area contributed by atoms with E-state index in [4.69, 9.17) is 5.26 Å². The van der Waals surface area contributed by atoms with Gasteiger partial charge >= 0.3 is 0 Å². The van der Waals surface area contributed by atoms with Gasteiger partial charge in [0, 0.05) is 10.6 Å². The zero-order valence-electron chi connectivity index (χ0n) is 7.42. The number of rotatable bonds is 2. The SMILES string of the molecule is CCc1ccc(/C(Br)=C/C#N)cc1. The van der Waals surface area contributed by atoms with Crippen LogP contribution in [0.4, 0.5) is 0 Å². The number of nitriles is 1. The molecule has 0 unspecified atom stereocenters. The third kappa shape index (κ3) is 2.71. The minimum absolute atomic E-state index is 0.831. The first-order valence-corrected chi connectivity index (χ1v) is 4.91. The van der Waals surface area contributed by atoms with Crippen molar-refractivity contribution in [3.8, 4) is 6.07 Å². The van der Waals surface area contributed by atoms with Gasteiger partial charge in [0.2, 0.25) is 0 Å². The van der Waals surface area contributed by atoms with Gasteiger partial charge in [-0.15, -0.1) is 0 Å². The third-order valence-corrected chi connectivity index (χ3v) is 2.52. The van der Waals surface area contributed by atoms with E-state index in [9.17, 15) is 0 Å². The van der Waals surface area contributed by atoms with Crippen molar-refractivity contribution >= 4 is 20.4 Å². The van der Waals surface area contributed by atoms with Crippen LogP contribution in [0, 0.1) is 11.3 Å². The highest BCUT2D eigenvalue weighted by atomic mass is 79.9. The zero-order chi connectivity index (χ0) is 9.68. The molecule has 1 aromatic rings. The highest BCUT2D eigenvalue weighted by Crippen LogP contribution is 2.20. The predicted octanol–water partition coefficient (Wildman–Crippen LogP) is 3.51. The topological polar surface area (TPSA) is 23.8 Å². The Labute approximate surface area is 86.8 Å². The zero-order valence-corrected chi connectivity index (χ0v) is 9.01. The van der Waals surface area contributed by atoms with E-state index in [1.165, 1.54) is 11.6 Å². The van der Waals surface area contributed by atoms with E-state index >= 15 is 0 Å². The normalized spacial score (nSPS) is 11.0. The van der Waals surface area contributed by atoms with Crippen molar-refractivity contribution in [2.45, 2.75) is 13.3 Å². The Morgan fingerprint density at radius 2 is 2.08 bits per heavy atom. The smallest absolute Gasteiger partial charge is 0.0924 e. The summed E-state index contributed by atoms with van der Waals surface area (Å²) in [5.41, 5.74) is 2.35. The first kappa shape index (κ1) is 10.0. The summed E-state index contributed by atoms with van der Waals surface area (Å²) in [7, 11) is 0. The fourth-order valence-corrected chi connectivity index (χ4v) is 1.41. The molecule has 0 saturated carbocycles. The number of hydrogen-bond acceptors (Lipinski definition) is 1. The van der Waals surface area contributed by atoms with Gasteiger partial charge in [0.1, 0.15) is 0 Å². The lowest BCUT2D eigenvalue weighted by atomic mass is 10.1. The molecule has 0 atom stereocenters. The molecule has 0 aliphatic heterocycles. The molecule has 0 saturated heterocycles. The highest BCUT2D eigenvalue weighted by Gasteiger charge is 1.96. The van der Waals surface area contributed by atoms with Crippen molar-refractivity contribution in [3.63, 3.8) is 0 Å². The van der Waals surface area contributed by atoms with Crippen molar-refractivity contribution in [1.82, 2.24) is 0 Å². The van der Waals surface area contributed by atoms with Crippen LogP contribution in [-0.2, 0) is 6.42 Å². The fourth-order valence-electron chi connectivity index (χ4n) is 1.04. The molecule has 0 aromatic heterocycles. The highest BCUT2D eigenvalue weighted by molar-refractivity contribution is 9.15. The van der Waals surface area contributed by atoms with Crippen molar-refractivity contribution in [2.24, 2.45) is 0 Å². The maximum absolute atomic E-state index is 8.44. The van der Waals surface area contributed by atoms with Crippen LogP contribution in [-0.4, -0.2) is 0 Å². The van der Waals surface area contributed by atoms with E-state index in [0.717, 1.165) is 16.5 Å². The molecule has 0 amide bonds. The van der Waals surface area contributed by atoms with Gasteiger partial charge in [-0.2, -0.15) is 5.26 Å². The second-order valence-corrected chi connectivity index (χ2v) is 3.53. The van der Waals surface area contributed by atoms with E-state index < -0.39 is 0 Å². The maximum atomic E-state index is 8.44. The van der Waals surface area contributed by atoms with Crippen LogP contribution < -0.4 is 0 Å². The van der Waals surface area contributed by atoms with E-state index in [1.807, 2.05) is 18.2 Å². The lowest BCUT2D eigenvalue weighted by Crippen LogP contribution is -1.81. The molecule has 1 nitrogen and oxygen atoms in total. The molecule has 1 aromatic carbocycles. The number of nitrogens with zero attached hydrogens (tertiary/aromatic N) is 1. The Morgan fingerprint density at radius 1 is 1.46 bits per heavy atom. The quantitative estimate of drug-likeness (QED) is 0.721. The Balaban J connectivity index is 2.94. The van der Waals surface area contributed by atoms with Crippen LogP contribution >= 0.6 is 15.9 Å². The number of benzene rings is 1. The summed E-state index contributed by atoms with van der Waals surface area (Å²) < 4.78 is 0.831. The van der Waals surface area contributed by atoms with Gasteiger partial charge in [0.05, 0.1) is 6.07 Å². The average molecular weight is 236 g/mol. The minimum atomic E-state index is 0.831. The molecule has 0 aliphatic rings. The summed E-state index contributed by atoms with van der Waals surface area (Å²) in [5, 5.41) is 8.44. The molecule has 0 N–H and O–H groups in total. The van der Waals surface area contributed by atoms with Gasteiger partial charge in [-0.05, 0) is 33.5 Å². The lowest BCUT2D eigenvalue weighted by Gasteiger charge is -1.99. The summed E-state index contributed by atoms with van der Waals surface area (Å²) in [6.07, 6.45) is 2.53. The summed E-state index contributed by atoms with van der Waals surface area (Å²) in [6, 6.07) is 10.1. The molecule has 0 heterocycles. The molecule has 0 fully saturated rings. The van der Waals surface area contributed by atoms with Crippen molar-refractivity contribution in [2.75, 3.05) is 0 Å². The monoisotopic (exact) mass is 235 g/mol. The number of halogens is 1. The van der Waals surface area contributed by atoms with Crippen molar-refractivity contribution in [3.05, 3.63) is 41.5 Å². The van der Waals surface area contributed by atoms with Gasteiger partial charge < -0.3 is 0 Å². The Morgan fingerprint density at radius 3 is 2.54 bits per heavy atom. The van der Waals surface area contributed by atoms with E-state index in [1.54, 1.807) is 0 Å². The first-order valence-electron chi connectivity index (χ1n) is 4.12. The second-order valence-electron chi connectivity index (χ2n) is 2.67. The van der Waals surface area contributed by atoms with Crippen LogP contribution in [0.2, 0.25) is 0 Å². The molecule has 13 heavy (non-hydrogen) atoms. The average Bonchev–Trinajstić information content (AvgIpc) is 2.18. The summed E-state index contributed by atoms with van der Waals surface area (Å²) in [4.78, 5) is 0. The number of allylic oxidation sites excluding steroid dienone is 1. The third-order valence-electron chi connectivity index (χ3n) is 1.83. The summed E-state index contributed by atoms with van der Waals surface area (Å²) in [6.45, 7) is 2.12. The predicted molar refractivity (Wildman–Crippen MR) is 58.3 cm³/mol. The molecule has 0 bridgehead atoms. The Bertz CT molecular complexity index is 343. The van der Waals surface area contributed by atoms with Gasteiger partial charge in [-0.3, -0.25) is 0 Å². The van der Waals surface area contributed by atoms with Crippen LogP contribution in [0.15, 0.2) is 30.3 Å². The van der Waals surface area contributed by atoms with Crippen molar-refractivity contribution in [1.29, 1.82) is 5.26 Å². The molecule has 2 heteroatoms. The minimum Gasteiger partial charge on any atom is -0.193 e. The van der Waals surface area contributed by atoms with Gasteiger partial charge in [0.15, 0.2) is 0 Å². The summed E-state index contributed by atoms with van der Waals surface area (Å²) >= 11 is 3.33. The molecule has 0 radical (unpaired) electrons. The standard InChI is InChI=1S/C11H10BrN/c1-2-9-3-5-10(6-4-9)11(12)7-8-13/h3-7H,2H2,1H3/b11-7-. The van der Waals surface area contributed by atoms with Gasteiger partial charge in [-0.1, -0.05) is 31.2 Å². The largest absolute Gasteiger partial charge is 0.193 e. The van der Waals surface area contributed by atoms with Crippen molar-refractivity contribution < 1.29 is 0 Å². The molecule has 1 rings (SSSR count). The second kappa shape index (κ2) is 4.84. The molecule has 0 aliphatic carbocycles. The summed E-state index contributed by atoms with van der Waals surface area (Å²) in [5.74, 6) is 0. The van der Waals surface area contributed by atoms with E-state index in [2.05, 4.69) is 35.0 Å². The first-order chi connectivity index (χ1) is 6.27. The van der Waals surface area contributed by atoms with Crippen LogP contribution in [0.3, 0.4) is 0 Å². The van der Waals surface area contributed by atoms with Crippen LogP contribution in [0.1, 0.15) is 18.1 Å². The number of hydrogen-bond donors (Lipinski definition) is 0.